The summed E-state index contributed by atoms with van der Waals surface area (Å²) in [6, 6.07) is 9.74. The number of benzene rings is 2. The topological polar surface area (TPSA) is 97.5 Å². The van der Waals surface area contributed by atoms with Crippen molar-refractivity contribution >= 4 is 35.1 Å². The van der Waals surface area contributed by atoms with E-state index in [1.165, 1.54) is 36.4 Å². The highest BCUT2D eigenvalue weighted by Gasteiger charge is 2.15. The Kier molecular flexibility index (Phi) is 4.88. The number of ketones is 1. The quantitative estimate of drug-likeness (QED) is 0.388. The molecule has 1 N–H and O–H groups in total. The summed E-state index contributed by atoms with van der Waals surface area (Å²) >= 11 is 5.69. The van der Waals surface area contributed by atoms with Crippen LogP contribution in [0.2, 0.25) is 5.02 Å². The molecule has 7 heteroatoms. The predicted molar refractivity (Wildman–Crippen MR) is 84.9 cm³/mol. The van der Waals surface area contributed by atoms with Crippen LogP contribution in [-0.2, 0) is 0 Å². The molecular weight excluding hydrogens is 322 g/mol. The molecule has 2 rings (SSSR count). The molecule has 0 amide bonds. The van der Waals surface area contributed by atoms with Crippen LogP contribution in [0.1, 0.15) is 26.3 Å². The van der Waals surface area contributed by atoms with E-state index < -0.39 is 16.7 Å². The molecule has 0 radical (unpaired) electrons. The van der Waals surface area contributed by atoms with E-state index in [0.29, 0.717) is 5.56 Å². The second-order valence-corrected chi connectivity index (χ2v) is 4.96. The Bertz CT molecular complexity index is 812. The molecular formula is C16H10ClNO5. The molecule has 0 fully saturated rings. The molecule has 0 aliphatic carbocycles. The summed E-state index contributed by atoms with van der Waals surface area (Å²) in [6.07, 6.45) is 2.75. The second-order valence-electron chi connectivity index (χ2n) is 4.55. The number of rotatable bonds is 5. The third kappa shape index (κ3) is 4.02. The summed E-state index contributed by atoms with van der Waals surface area (Å²) in [6.45, 7) is 0. The van der Waals surface area contributed by atoms with E-state index in [2.05, 4.69) is 0 Å². The monoisotopic (exact) mass is 331 g/mol. The lowest BCUT2D eigenvalue weighted by atomic mass is 10.1. The van der Waals surface area contributed by atoms with Gasteiger partial charge >= 0.3 is 5.97 Å². The minimum absolute atomic E-state index is 0.0419. The second kappa shape index (κ2) is 6.85. The molecule has 0 aliphatic rings. The molecule has 0 spiro atoms. The van der Waals surface area contributed by atoms with Crippen molar-refractivity contribution in [1.82, 2.24) is 0 Å². The van der Waals surface area contributed by atoms with Gasteiger partial charge in [-0.2, -0.15) is 0 Å². The van der Waals surface area contributed by atoms with Crippen LogP contribution >= 0.6 is 11.6 Å². The van der Waals surface area contributed by atoms with Crippen molar-refractivity contribution < 1.29 is 19.6 Å². The van der Waals surface area contributed by atoms with Gasteiger partial charge in [0.2, 0.25) is 0 Å². The van der Waals surface area contributed by atoms with Gasteiger partial charge in [0.15, 0.2) is 5.78 Å². The molecule has 116 valence electrons. The van der Waals surface area contributed by atoms with E-state index in [1.807, 2.05) is 0 Å². The van der Waals surface area contributed by atoms with Crippen LogP contribution in [-0.4, -0.2) is 21.8 Å². The van der Waals surface area contributed by atoms with E-state index >= 15 is 0 Å². The maximum atomic E-state index is 12.0. The summed E-state index contributed by atoms with van der Waals surface area (Å²) < 4.78 is 0. The maximum Gasteiger partial charge on any atom is 0.335 e. The Morgan fingerprint density at radius 3 is 2.26 bits per heavy atom. The number of hydrogen-bond acceptors (Lipinski definition) is 4. The molecule has 0 saturated carbocycles. The average molecular weight is 332 g/mol. The molecule has 2 aromatic carbocycles. The van der Waals surface area contributed by atoms with Gasteiger partial charge in [-0.25, -0.2) is 4.79 Å². The molecule has 0 unspecified atom stereocenters. The third-order valence-electron chi connectivity index (χ3n) is 3.01. The lowest BCUT2D eigenvalue weighted by molar-refractivity contribution is -0.384. The Labute approximate surface area is 135 Å². The molecule has 23 heavy (non-hydrogen) atoms. The maximum absolute atomic E-state index is 12.0. The lowest BCUT2D eigenvalue weighted by Crippen LogP contribution is -1.97. The minimum Gasteiger partial charge on any atom is -0.478 e. The number of nitro benzene ring substituents is 1. The standard InChI is InChI=1S/C16H10ClNO5/c17-13-7-6-12(9-14(13)18(22)23)15(19)8-3-10-1-4-11(5-2-10)16(20)21/h1-9H,(H,20,21)/b8-3+. The number of allylic oxidation sites excluding steroid dienone is 1. The van der Waals surface area contributed by atoms with Crippen LogP contribution in [0.25, 0.3) is 6.08 Å². The van der Waals surface area contributed by atoms with Crippen molar-refractivity contribution in [3.05, 3.63) is 80.4 Å². The average Bonchev–Trinajstić information content (AvgIpc) is 2.53. The van der Waals surface area contributed by atoms with E-state index in [9.17, 15) is 19.7 Å². The number of carbonyl (C=O) groups excluding carboxylic acids is 1. The molecule has 0 heterocycles. The molecule has 0 aliphatic heterocycles. The van der Waals surface area contributed by atoms with Gasteiger partial charge in [0.1, 0.15) is 5.02 Å². The SMILES string of the molecule is O=C(O)c1ccc(/C=C/C(=O)c2ccc(Cl)c([N+](=O)[O-])c2)cc1. The highest BCUT2D eigenvalue weighted by atomic mass is 35.5. The van der Waals surface area contributed by atoms with Gasteiger partial charge in [-0.05, 0) is 35.9 Å². The first-order valence-electron chi connectivity index (χ1n) is 6.38. The van der Waals surface area contributed by atoms with Crippen LogP contribution in [0.5, 0.6) is 0 Å². The zero-order chi connectivity index (χ0) is 17.0. The Morgan fingerprint density at radius 2 is 1.70 bits per heavy atom. The molecule has 0 aromatic heterocycles. The van der Waals surface area contributed by atoms with Gasteiger partial charge in [-0.1, -0.05) is 29.8 Å². The molecule has 6 nitrogen and oxygen atoms in total. The summed E-state index contributed by atoms with van der Waals surface area (Å²) in [7, 11) is 0. The van der Waals surface area contributed by atoms with Gasteiger partial charge in [0, 0.05) is 11.6 Å². The molecule has 0 atom stereocenters. The van der Waals surface area contributed by atoms with Crippen molar-refractivity contribution in [3.63, 3.8) is 0 Å². The summed E-state index contributed by atoms with van der Waals surface area (Å²) in [5, 5.41) is 19.6. The number of carbonyl (C=O) groups is 2. The number of carboxylic acids is 1. The fourth-order valence-corrected chi connectivity index (χ4v) is 2.00. The van der Waals surface area contributed by atoms with E-state index in [-0.39, 0.29) is 21.8 Å². The van der Waals surface area contributed by atoms with Crippen molar-refractivity contribution in [2.24, 2.45) is 0 Å². The van der Waals surface area contributed by atoms with Gasteiger partial charge in [-0.3, -0.25) is 14.9 Å². The third-order valence-corrected chi connectivity index (χ3v) is 3.33. The van der Waals surface area contributed by atoms with Crippen molar-refractivity contribution in [1.29, 1.82) is 0 Å². The van der Waals surface area contributed by atoms with Crippen molar-refractivity contribution in [2.45, 2.75) is 0 Å². The first-order valence-corrected chi connectivity index (χ1v) is 6.76. The van der Waals surface area contributed by atoms with Gasteiger partial charge < -0.3 is 5.11 Å². The number of nitrogens with zero attached hydrogens (tertiary/aromatic N) is 1. The summed E-state index contributed by atoms with van der Waals surface area (Å²) in [4.78, 5) is 32.9. The van der Waals surface area contributed by atoms with E-state index in [1.54, 1.807) is 12.1 Å². The first-order chi connectivity index (χ1) is 10.9. The normalized spacial score (nSPS) is 10.7. The highest BCUT2D eigenvalue weighted by Crippen LogP contribution is 2.25. The van der Waals surface area contributed by atoms with Crippen LogP contribution in [0.4, 0.5) is 5.69 Å². The zero-order valence-electron chi connectivity index (χ0n) is 11.6. The number of hydrogen-bond donors (Lipinski definition) is 1. The van der Waals surface area contributed by atoms with E-state index in [0.717, 1.165) is 6.07 Å². The summed E-state index contributed by atoms with van der Waals surface area (Å²) in [5.41, 5.74) is 0.574. The van der Waals surface area contributed by atoms with Crippen molar-refractivity contribution in [2.75, 3.05) is 0 Å². The van der Waals surface area contributed by atoms with Crippen LogP contribution < -0.4 is 0 Å². The van der Waals surface area contributed by atoms with E-state index in [4.69, 9.17) is 16.7 Å². The summed E-state index contributed by atoms with van der Waals surface area (Å²) in [5.74, 6) is -1.46. The van der Waals surface area contributed by atoms with Gasteiger partial charge in [-0.15, -0.1) is 0 Å². The predicted octanol–water partition coefficient (Wildman–Crippen LogP) is 3.84. The van der Waals surface area contributed by atoms with Crippen molar-refractivity contribution in [3.8, 4) is 0 Å². The fraction of sp³-hybridized carbons (Fsp3) is 0. The Morgan fingerprint density at radius 1 is 1.09 bits per heavy atom. The first kappa shape index (κ1) is 16.4. The van der Waals surface area contributed by atoms with Crippen LogP contribution in [0.3, 0.4) is 0 Å². The highest BCUT2D eigenvalue weighted by molar-refractivity contribution is 6.32. The number of halogens is 1. The smallest absolute Gasteiger partial charge is 0.335 e. The molecule has 0 saturated heterocycles. The number of aromatic carboxylic acids is 1. The Balaban J connectivity index is 2.19. The Hall–Kier alpha value is -2.99. The van der Waals surface area contributed by atoms with Gasteiger partial charge in [0.25, 0.3) is 5.69 Å². The zero-order valence-corrected chi connectivity index (χ0v) is 12.4. The number of carboxylic acid groups (broad SMARTS) is 1. The fourth-order valence-electron chi connectivity index (χ4n) is 1.81. The minimum atomic E-state index is -1.04. The number of nitro groups is 1. The molecule has 2 aromatic rings. The molecule has 0 bridgehead atoms. The lowest BCUT2D eigenvalue weighted by Gasteiger charge is -1.99. The van der Waals surface area contributed by atoms with Gasteiger partial charge in [0.05, 0.1) is 10.5 Å². The van der Waals surface area contributed by atoms with Crippen LogP contribution in [0.15, 0.2) is 48.5 Å². The largest absolute Gasteiger partial charge is 0.478 e. The van der Waals surface area contributed by atoms with Crippen LogP contribution in [0, 0.1) is 10.1 Å².